The molecule has 0 aliphatic heterocycles. The molecule has 1 aromatic rings. The Morgan fingerprint density at radius 2 is 1.95 bits per heavy atom. The third kappa shape index (κ3) is 4.41. The van der Waals surface area contributed by atoms with E-state index in [4.69, 9.17) is 5.11 Å². The van der Waals surface area contributed by atoms with Gasteiger partial charge in [-0.25, -0.2) is 14.0 Å². The largest absolute Gasteiger partial charge is 0.478 e. The molecule has 0 saturated heterocycles. The summed E-state index contributed by atoms with van der Waals surface area (Å²) in [6.07, 6.45) is -4.57. The second-order valence-corrected chi connectivity index (χ2v) is 3.90. The number of halogens is 4. The first-order chi connectivity index (χ1) is 9.10. The number of aromatic carboxylic acids is 1. The van der Waals surface area contributed by atoms with Gasteiger partial charge in [-0.1, -0.05) is 0 Å². The van der Waals surface area contributed by atoms with Crippen molar-refractivity contribution in [2.75, 3.05) is 18.9 Å². The number of rotatable bonds is 3. The first-order valence-electron chi connectivity index (χ1n) is 5.22. The number of anilines is 1. The molecule has 0 radical (unpaired) electrons. The fourth-order valence-corrected chi connectivity index (χ4v) is 1.30. The highest BCUT2D eigenvalue weighted by Crippen LogP contribution is 2.18. The predicted molar refractivity (Wildman–Crippen MR) is 61.1 cm³/mol. The molecule has 110 valence electrons. The number of urea groups is 1. The Morgan fingerprint density at radius 1 is 1.35 bits per heavy atom. The van der Waals surface area contributed by atoms with E-state index in [-0.39, 0.29) is 5.56 Å². The van der Waals surface area contributed by atoms with Crippen LogP contribution in [-0.4, -0.2) is 41.8 Å². The number of benzene rings is 1. The Morgan fingerprint density at radius 3 is 2.40 bits per heavy atom. The van der Waals surface area contributed by atoms with Crippen molar-refractivity contribution in [1.29, 1.82) is 0 Å². The van der Waals surface area contributed by atoms with Gasteiger partial charge < -0.3 is 15.3 Å². The van der Waals surface area contributed by atoms with E-state index < -0.39 is 36.2 Å². The van der Waals surface area contributed by atoms with Crippen LogP contribution < -0.4 is 5.32 Å². The van der Waals surface area contributed by atoms with Gasteiger partial charge in [-0.2, -0.15) is 13.2 Å². The quantitative estimate of drug-likeness (QED) is 0.842. The van der Waals surface area contributed by atoms with Gasteiger partial charge in [0.2, 0.25) is 0 Å². The smallest absolute Gasteiger partial charge is 0.406 e. The summed E-state index contributed by atoms with van der Waals surface area (Å²) in [5.74, 6) is -2.42. The third-order valence-electron chi connectivity index (χ3n) is 2.22. The van der Waals surface area contributed by atoms with Crippen LogP contribution >= 0.6 is 0 Å². The highest BCUT2D eigenvalue weighted by atomic mass is 19.4. The first-order valence-corrected chi connectivity index (χ1v) is 5.22. The molecule has 0 bridgehead atoms. The van der Waals surface area contributed by atoms with E-state index in [9.17, 15) is 27.2 Å². The zero-order chi connectivity index (χ0) is 15.5. The minimum atomic E-state index is -4.57. The highest BCUT2D eigenvalue weighted by molar-refractivity contribution is 5.91. The first kappa shape index (κ1) is 15.7. The Kier molecular flexibility index (Phi) is 4.53. The summed E-state index contributed by atoms with van der Waals surface area (Å²) in [6, 6.07) is 1.47. The maximum Gasteiger partial charge on any atom is 0.406 e. The van der Waals surface area contributed by atoms with Crippen LogP contribution in [0.5, 0.6) is 0 Å². The van der Waals surface area contributed by atoms with Crippen molar-refractivity contribution >= 4 is 17.7 Å². The molecule has 0 unspecified atom stereocenters. The molecule has 9 heteroatoms. The summed E-state index contributed by atoms with van der Waals surface area (Å²) in [6.45, 7) is -1.49. The van der Waals surface area contributed by atoms with Crippen LogP contribution in [0, 0.1) is 5.82 Å². The van der Waals surface area contributed by atoms with E-state index in [2.05, 4.69) is 0 Å². The van der Waals surface area contributed by atoms with Crippen LogP contribution in [0.25, 0.3) is 0 Å². The van der Waals surface area contributed by atoms with Crippen molar-refractivity contribution in [2.24, 2.45) is 0 Å². The van der Waals surface area contributed by atoms with Crippen LogP contribution in [0.3, 0.4) is 0 Å². The number of nitrogens with zero attached hydrogens (tertiary/aromatic N) is 1. The van der Waals surface area contributed by atoms with E-state index in [1.54, 1.807) is 0 Å². The molecular formula is C11H10F4N2O3. The lowest BCUT2D eigenvalue weighted by molar-refractivity contribution is -0.137. The van der Waals surface area contributed by atoms with Gasteiger partial charge in [0.05, 0.1) is 11.3 Å². The molecule has 0 spiro atoms. The van der Waals surface area contributed by atoms with Gasteiger partial charge in [-0.15, -0.1) is 0 Å². The SMILES string of the molecule is CN(CC(F)(F)F)C(=O)Nc1ccc(C(=O)O)cc1F. The molecule has 5 nitrogen and oxygen atoms in total. The van der Waals surface area contributed by atoms with E-state index in [0.29, 0.717) is 11.0 Å². The van der Waals surface area contributed by atoms with Crippen LogP contribution in [-0.2, 0) is 0 Å². The standard InChI is InChI=1S/C11H10F4N2O3/c1-17(5-11(13,14)15)10(20)16-8-3-2-6(9(18)19)4-7(8)12/h2-4H,5H2,1H3,(H,16,20)(H,18,19). The van der Waals surface area contributed by atoms with E-state index in [1.165, 1.54) is 0 Å². The lowest BCUT2D eigenvalue weighted by atomic mass is 10.2. The van der Waals surface area contributed by atoms with Crippen LogP contribution in [0.2, 0.25) is 0 Å². The minimum Gasteiger partial charge on any atom is -0.478 e. The molecule has 0 aliphatic rings. The van der Waals surface area contributed by atoms with Gasteiger partial charge in [0.25, 0.3) is 0 Å². The van der Waals surface area contributed by atoms with Crippen molar-refractivity contribution < 1.29 is 32.3 Å². The Hall–Kier alpha value is -2.32. The van der Waals surface area contributed by atoms with Crippen molar-refractivity contribution in [1.82, 2.24) is 4.90 Å². The average Bonchev–Trinajstić information content (AvgIpc) is 2.29. The molecule has 1 rings (SSSR count). The summed E-state index contributed by atoms with van der Waals surface area (Å²) in [5.41, 5.74) is -0.752. The number of carbonyl (C=O) groups excluding carboxylic acids is 1. The number of amides is 2. The fourth-order valence-electron chi connectivity index (χ4n) is 1.30. The van der Waals surface area contributed by atoms with E-state index in [0.717, 1.165) is 19.2 Å². The molecule has 2 N–H and O–H groups in total. The molecule has 0 atom stereocenters. The summed E-state index contributed by atoms with van der Waals surface area (Å²) < 4.78 is 49.6. The van der Waals surface area contributed by atoms with E-state index in [1.807, 2.05) is 5.32 Å². The number of carboxylic acid groups (broad SMARTS) is 1. The van der Waals surface area contributed by atoms with Gasteiger partial charge in [-0.05, 0) is 18.2 Å². The molecule has 0 aromatic heterocycles. The summed E-state index contributed by atoms with van der Waals surface area (Å²) in [5, 5.41) is 10.5. The van der Waals surface area contributed by atoms with Crippen LogP contribution in [0.15, 0.2) is 18.2 Å². The molecule has 1 aromatic carbocycles. The third-order valence-corrected chi connectivity index (χ3v) is 2.22. The molecule has 0 saturated carbocycles. The molecule has 0 fully saturated rings. The summed E-state index contributed by atoms with van der Waals surface area (Å²) in [7, 11) is 0.895. The fraction of sp³-hybridized carbons (Fsp3) is 0.273. The molecule has 0 heterocycles. The second kappa shape index (κ2) is 5.76. The summed E-state index contributed by atoms with van der Waals surface area (Å²) >= 11 is 0. The van der Waals surface area contributed by atoms with Gasteiger partial charge >= 0.3 is 18.2 Å². The highest BCUT2D eigenvalue weighted by Gasteiger charge is 2.31. The maximum atomic E-state index is 13.5. The Balaban J connectivity index is 2.78. The monoisotopic (exact) mass is 294 g/mol. The van der Waals surface area contributed by atoms with Gasteiger partial charge in [0, 0.05) is 7.05 Å². The zero-order valence-electron chi connectivity index (χ0n) is 10.2. The van der Waals surface area contributed by atoms with Crippen molar-refractivity contribution in [3.63, 3.8) is 0 Å². The molecular weight excluding hydrogens is 284 g/mol. The lowest BCUT2D eigenvalue weighted by Crippen LogP contribution is -2.38. The Bertz CT molecular complexity index is 531. The molecule has 20 heavy (non-hydrogen) atoms. The van der Waals surface area contributed by atoms with Crippen molar-refractivity contribution in [2.45, 2.75) is 6.18 Å². The normalized spacial score (nSPS) is 11.1. The Labute approximate surface area is 110 Å². The van der Waals surface area contributed by atoms with Crippen LogP contribution in [0.1, 0.15) is 10.4 Å². The topological polar surface area (TPSA) is 69.6 Å². The number of alkyl halides is 3. The number of nitrogens with one attached hydrogen (secondary N) is 1. The molecule has 2 amide bonds. The minimum absolute atomic E-state index is 0.324. The molecule has 0 aliphatic carbocycles. The zero-order valence-corrected chi connectivity index (χ0v) is 10.2. The lowest BCUT2D eigenvalue weighted by Gasteiger charge is -2.19. The van der Waals surface area contributed by atoms with Crippen molar-refractivity contribution in [3.8, 4) is 0 Å². The van der Waals surface area contributed by atoms with Gasteiger partial charge in [0.15, 0.2) is 0 Å². The average molecular weight is 294 g/mol. The second-order valence-electron chi connectivity index (χ2n) is 3.90. The number of carbonyl (C=O) groups is 2. The number of hydrogen-bond acceptors (Lipinski definition) is 2. The van der Waals surface area contributed by atoms with Crippen LogP contribution in [0.4, 0.5) is 28.0 Å². The van der Waals surface area contributed by atoms with Gasteiger partial charge in [0.1, 0.15) is 12.4 Å². The predicted octanol–water partition coefficient (Wildman–Crippen LogP) is 2.55. The number of hydrogen-bond donors (Lipinski definition) is 2. The maximum absolute atomic E-state index is 13.5. The van der Waals surface area contributed by atoms with Gasteiger partial charge in [-0.3, -0.25) is 0 Å². The summed E-state index contributed by atoms with van der Waals surface area (Å²) in [4.78, 5) is 22.3. The number of carboxylic acids is 1. The van der Waals surface area contributed by atoms with E-state index >= 15 is 0 Å². The van der Waals surface area contributed by atoms with Crippen molar-refractivity contribution in [3.05, 3.63) is 29.6 Å².